The Morgan fingerprint density at radius 1 is 1.00 bits per heavy atom. The lowest BCUT2D eigenvalue weighted by Gasteiger charge is -2.36. The van der Waals surface area contributed by atoms with Crippen LogP contribution in [0.1, 0.15) is 30.9 Å². The summed E-state index contributed by atoms with van der Waals surface area (Å²) in [5.41, 5.74) is 9.64. The van der Waals surface area contributed by atoms with Crippen molar-refractivity contribution >= 4 is 11.6 Å². The lowest BCUT2D eigenvalue weighted by molar-refractivity contribution is 0.229. The van der Waals surface area contributed by atoms with Crippen LogP contribution in [0.15, 0.2) is 65.5 Å². The van der Waals surface area contributed by atoms with Gasteiger partial charge in [-0.2, -0.15) is 5.26 Å². The van der Waals surface area contributed by atoms with Gasteiger partial charge < -0.3 is 15.2 Å². The summed E-state index contributed by atoms with van der Waals surface area (Å²) < 4.78 is 11.2. The third-order valence-electron chi connectivity index (χ3n) is 5.22. The molecule has 1 aliphatic heterocycles. The van der Waals surface area contributed by atoms with Gasteiger partial charge in [0.25, 0.3) is 0 Å². The molecule has 2 aromatic carbocycles. The molecule has 148 valence electrons. The molecular weight excluding hydrogens is 366 g/mol. The quantitative estimate of drug-likeness (QED) is 0.839. The lowest BCUT2D eigenvalue weighted by Crippen LogP contribution is -2.37. The number of hydrogen-bond donors (Lipinski definition) is 1. The molecule has 1 unspecified atom stereocenters. The monoisotopic (exact) mass is 389 g/mol. The van der Waals surface area contributed by atoms with Gasteiger partial charge in [0.2, 0.25) is 0 Å². The largest absolute Gasteiger partial charge is 0.496 e. The predicted molar refractivity (Wildman–Crippen MR) is 111 cm³/mol. The second-order valence-corrected chi connectivity index (χ2v) is 6.66. The first-order valence-corrected chi connectivity index (χ1v) is 9.13. The Balaban J connectivity index is 2.41. The van der Waals surface area contributed by atoms with Crippen LogP contribution < -0.4 is 15.2 Å². The fraction of sp³-hybridized carbons (Fsp3) is 0.217. The highest BCUT2D eigenvalue weighted by Gasteiger charge is 2.37. The number of ether oxygens (including phenoxy) is 2. The van der Waals surface area contributed by atoms with E-state index in [2.05, 4.69) is 6.07 Å². The van der Waals surface area contributed by atoms with Gasteiger partial charge in [0.05, 0.1) is 31.8 Å². The van der Waals surface area contributed by atoms with Crippen LogP contribution in [0.4, 0.5) is 4.79 Å². The Morgan fingerprint density at radius 3 is 2.17 bits per heavy atom. The molecule has 2 N–H and O–H groups in total. The van der Waals surface area contributed by atoms with Gasteiger partial charge in [0, 0.05) is 22.5 Å². The van der Waals surface area contributed by atoms with Gasteiger partial charge >= 0.3 is 6.03 Å². The molecule has 0 aliphatic carbocycles. The van der Waals surface area contributed by atoms with Crippen LogP contribution in [0.5, 0.6) is 11.5 Å². The Hall–Kier alpha value is -3.72. The highest BCUT2D eigenvalue weighted by Crippen LogP contribution is 2.50. The number of hydrogen-bond acceptors (Lipinski definition) is 4. The summed E-state index contributed by atoms with van der Waals surface area (Å²) in [6.07, 6.45) is 0. The van der Waals surface area contributed by atoms with Crippen molar-refractivity contribution in [2.75, 3.05) is 14.2 Å². The Kier molecular flexibility index (Phi) is 5.60. The zero-order valence-corrected chi connectivity index (χ0v) is 16.9. The molecule has 1 atom stereocenters. The van der Waals surface area contributed by atoms with E-state index in [4.69, 9.17) is 15.2 Å². The van der Waals surface area contributed by atoms with Crippen molar-refractivity contribution in [1.82, 2.24) is 4.90 Å². The van der Waals surface area contributed by atoms with Gasteiger partial charge in [0.1, 0.15) is 11.5 Å². The number of amides is 2. The van der Waals surface area contributed by atoms with E-state index in [0.717, 1.165) is 16.7 Å². The maximum atomic E-state index is 12.2. The molecule has 0 aromatic heterocycles. The van der Waals surface area contributed by atoms with Crippen LogP contribution in [0.2, 0.25) is 0 Å². The Bertz CT molecular complexity index is 1060. The van der Waals surface area contributed by atoms with Crippen molar-refractivity contribution in [3.63, 3.8) is 0 Å². The summed E-state index contributed by atoms with van der Waals surface area (Å²) in [5, 5.41) is 10.1. The second-order valence-electron chi connectivity index (χ2n) is 6.66. The second kappa shape index (κ2) is 8.11. The van der Waals surface area contributed by atoms with Gasteiger partial charge in [-0.1, -0.05) is 36.4 Å². The first-order valence-electron chi connectivity index (χ1n) is 9.13. The maximum absolute atomic E-state index is 12.2. The normalized spacial score (nSPS) is 16.5. The Labute approximate surface area is 170 Å². The van der Waals surface area contributed by atoms with Gasteiger partial charge in [-0.15, -0.1) is 0 Å². The number of urea groups is 1. The summed E-state index contributed by atoms with van der Waals surface area (Å²) in [6, 6.07) is 16.7. The number of methoxy groups -OCH3 is 2. The van der Waals surface area contributed by atoms with Crippen LogP contribution in [-0.4, -0.2) is 25.2 Å². The van der Waals surface area contributed by atoms with E-state index in [0.29, 0.717) is 28.5 Å². The first-order chi connectivity index (χ1) is 14.0. The average Bonchev–Trinajstić information content (AvgIpc) is 2.73. The molecule has 1 heterocycles. The zero-order chi connectivity index (χ0) is 21.1. The fourth-order valence-corrected chi connectivity index (χ4v) is 3.96. The van der Waals surface area contributed by atoms with E-state index < -0.39 is 11.9 Å². The number of benzene rings is 2. The third kappa shape index (κ3) is 3.32. The Morgan fingerprint density at radius 2 is 1.59 bits per heavy atom. The smallest absolute Gasteiger partial charge is 0.323 e. The minimum absolute atomic E-state index is 0.430. The van der Waals surface area contributed by atoms with Crippen LogP contribution in [0.25, 0.3) is 5.57 Å². The van der Waals surface area contributed by atoms with E-state index >= 15 is 0 Å². The van der Waals surface area contributed by atoms with E-state index in [1.165, 1.54) is 4.90 Å². The number of rotatable bonds is 4. The number of para-hydroxylation sites is 2. The molecule has 0 radical (unpaired) electrons. The molecule has 3 rings (SSSR count). The number of primary amides is 1. The highest BCUT2D eigenvalue weighted by molar-refractivity contribution is 5.88. The highest BCUT2D eigenvalue weighted by atomic mass is 16.5. The third-order valence-corrected chi connectivity index (χ3v) is 5.22. The fourth-order valence-electron chi connectivity index (χ4n) is 3.96. The minimum atomic E-state index is -0.640. The maximum Gasteiger partial charge on any atom is 0.323 e. The molecule has 0 spiro atoms. The lowest BCUT2D eigenvalue weighted by atomic mass is 9.77. The van der Waals surface area contributed by atoms with Crippen LogP contribution in [0.3, 0.4) is 0 Å². The molecule has 29 heavy (non-hydrogen) atoms. The van der Waals surface area contributed by atoms with Crippen molar-refractivity contribution in [2.45, 2.75) is 19.8 Å². The number of nitrogens with zero attached hydrogens (tertiary/aromatic N) is 2. The number of carbonyl (C=O) groups excluding carboxylic acids is 1. The average molecular weight is 389 g/mol. The molecule has 0 saturated heterocycles. The molecule has 0 saturated carbocycles. The molecule has 0 fully saturated rings. The molecule has 2 aromatic rings. The standard InChI is InChI=1S/C23H23N3O3/c1-14-18(13-24)22(17-10-6-8-12-20(17)29-4)21(15(2)26(14)23(25)27)16-9-5-7-11-19(16)28-3/h5-12,22H,1-4H3,(H2,25,27). The molecule has 0 bridgehead atoms. The summed E-state index contributed by atoms with van der Waals surface area (Å²) in [4.78, 5) is 13.6. The molecule has 6 nitrogen and oxygen atoms in total. The zero-order valence-electron chi connectivity index (χ0n) is 16.9. The summed E-state index contributed by atoms with van der Waals surface area (Å²) in [7, 11) is 3.19. The first kappa shape index (κ1) is 20.0. The topological polar surface area (TPSA) is 88.6 Å². The van der Waals surface area contributed by atoms with E-state index in [1.807, 2.05) is 55.5 Å². The number of allylic oxidation sites excluding steroid dienone is 4. The SMILES string of the molecule is COc1ccccc1C1=C(C)N(C(N)=O)C(C)=C(C#N)C1c1ccccc1OC. The van der Waals surface area contributed by atoms with E-state index in [-0.39, 0.29) is 0 Å². The van der Waals surface area contributed by atoms with Crippen LogP contribution >= 0.6 is 0 Å². The molecule has 1 aliphatic rings. The molecule has 2 amide bonds. The number of nitriles is 1. The number of carbonyl (C=O) groups is 1. The molecular formula is C23H23N3O3. The van der Waals surface area contributed by atoms with E-state index in [1.54, 1.807) is 21.1 Å². The van der Waals surface area contributed by atoms with Gasteiger partial charge in [0.15, 0.2) is 0 Å². The van der Waals surface area contributed by atoms with Crippen LogP contribution in [0, 0.1) is 11.3 Å². The van der Waals surface area contributed by atoms with Crippen LogP contribution in [-0.2, 0) is 0 Å². The summed E-state index contributed by atoms with van der Waals surface area (Å²) in [5.74, 6) is 0.858. The summed E-state index contributed by atoms with van der Waals surface area (Å²) >= 11 is 0. The predicted octanol–water partition coefficient (Wildman–Crippen LogP) is 4.41. The van der Waals surface area contributed by atoms with Gasteiger partial charge in [-0.3, -0.25) is 4.90 Å². The summed E-state index contributed by atoms with van der Waals surface area (Å²) in [6.45, 7) is 3.56. The van der Waals surface area contributed by atoms with Crippen molar-refractivity contribution in [3.8, 4) is 17.6 Å². The van der Waals surface area contributed by atoms with Crippen molar-refractivity contribution in [2.24, 2.45) is 5.73 Å². The van der Waals surface area contributed by atoms with Crippen molar-refractivity contribution in [3.05, 3.63) is 76.6 Å². The minimum Gasteiger partial charge on any atom is -0.496 e. The molecule has 6 heteroatoms. The number of nitrogens with two attached hydrogens (primary N) is 1. The van der Waals surface area contributed by atoms with E-state index in [9.17, 15) is 10.1 Å². The van der Waals surface area contributed by atoms with Crippen molar-refractivity contribution < 1.29 is 14.3 Å². The van der Waals surface area contributed by atoms with Crippen molar-refractivity contribution in [1.29, 1.82) is 5.26 Å². The van der Waals surface area contributed by atoms with Gasteiger partial charge in [-0.25, -0.2) is 4.79 Å². The van der Waals surface area contributed by atoms with Gasteiger partial charge in [-0.05, 0) is 31.6 Å².